The maximum absolute atomic E-state index is 4.56. The van der Waals surface area contributed by atoms with Gasteiger partial charge in [0.05, 0.1) is 11.0 Å². The molecule has 2 heterocycles. The van der Waals surface area contributed by atoms with Crippen molar-refractivity contribution in [3.8, 4) is 0 Å². The van der Waals surface area contributed by atoms with Crippen molar-refractivity contribution < 1.29 is 0 Å². The first-order chi connectivity index (χ1) is 8.74. The third kappa shape index (κ3) is 2.78. The molecule has 2 nitrogen and oxygen atoms in total. The summed E-state index contributed by atoms with van der Waals surface area (Å²) in [6, 6.07) is 7.01. The third-order valence-corrected chi connectivity index (χ3v) is 4.83. The molecule has 1 fully saturated rings. The van der Waals surface area contributed by atoms with Crippen molar-refractivity contribution in [1.29, 1.82) is 0 Å². The van der Waals surface area contributed by atoms with Crippen molar-refractivity contribution in [3.05, 3.63) is 43.6 Å². The van der Waals surface area contributed by atoms with Crippen LogP contribution in [0.5, 0.6) is 0 Å². The van der Waals surface area contributed by atoms with Gasteiger partial charge in [-0.15, -0.1) is 11.3 Å². The summed E-state index contributed by atoms with van der Waals surface area (Å²) < 4.78 is 2.06. The van der Waals surface area contributed by atoms with E-state index in [-0.39, 0.29) is 0 Å². The standard InChI is InChI=1S/C13H12Br2N2S/c14-9-6-12(15)13(16-7-9)17(10-3-4-10)8-11-2-1-5-18-11/h1-2,5-7,10H,3-4,8H2. The van der Waals surface area contributed by atoms with Crippen LogP contribution in [0.4, 0.5) is 5.82 Å². The molecular formula is C13H12Br2N2S. The number of nitrogens with zero attached hydrogens (tertiary/aromatic N) is 2. The van der Waals surface area contributed by atoms with Gasteiger partial charge in [-0.05, 0) is 62.2 Å². The first-order valence-corrected chi connectivity index (χ1v) is 8.30. The van der Waals surface area contributed by atoms with E-state index in [2.05, 4.69) is 65.3 Å². The Morgan fingerprint density at radius 2 is 2.22 bits per heavy atom. The van der Waals surface area contributed by atoms with Gasteiger partial charge in [-0.2, -0.15) is 0 Å². The van der Waals surface area contributed by atoms with Crippen LogP contribution in [0.2, 0.25) is 0 Å². The zero-order chi connectivity index (χ0) is 12.5. The predicted molar refractivity (Wildman–Crippen MR) is 83.2 cm³/mol. The van der Waals surface area contributed by atoms with Crippen LogP contribution < -0.4 is 4.90 Å². The van der Waals surface area contributed by atoms with Crippen LogP contribution in [-0.4, -0.2) is 11.0 Å². The van der Waals surface area contributed by atoms with Crippen molar-refractivity contribution in [2.45, 2.75) is 25.4 Å². The van der Waals surface area contributed by atoms with E-state index >= 15 is 0 Å². The van der Waals surface area contributed by atoms with E-state index in [9.17, 15) is 0 Å². The third-order valence-electron chi connectivity index (χ3n) is 2.95. The average Bonchev–Trinajstić information content (AvgIpc) is 3.05. The number of aromatic nitrogens is 1. The maximum Gasteiger partial charge on any atom is 0.143 e. The average molecular weight is 388 g/mol. The van der Waals surface area contributed by atoms with Gasteiger partial charge in [0.2, 0.25) is 0 Å². The highest BCUT2D eigenvalue weighted by Gasteiger charge is 2.31. The summed E-state index contributed by atoms with van der Waals surface area (Å²) in [5.74, 6) is 1.05. The van der Waals surface area contributed by atoms with E-state index in [1.54, 1.807) is 11.3 Å². The highest BCUT2D eigenvalue weighted by molar-refractivity contribution is 9.11. The summed E-state index contributed by atoms with van der Waals surface area (Å²) in [4.78, 5) is 8.35. The van der Waals surface area contributed by atoms with Crippen LogP contribution in [0.1, 0.15) is 17.7 Å². The molecule has 1 aliphatic carbocycles. The topological polar surface area (TPSA) is 16.1 Å². The number of hydrogen-bond acceptors (Lipinski definition) is 3. The predicted octanol–water partition coefficient (Wildman–Crippen LogP) is 4.84. The molecule has 0 atom stereocenters. The second-order valence-corrected chi connectivity index (χ2v) is 7.20. The molecule has 3 rings (SSSR count). The Bertz CT molecular complexity index is 538. The molecule has 0 aromatic carbocycles. The van der Waals surface area contributed by atoms with Gasteiger partial charge in [-0.1, -0.05) is 6.07 Å². The van der Waals surface area contributed by atoms with Gasteiger partial charge in [0.15, 0.2) is 0 Å². The normalized spacial score (nSPS) is 14.8. The molecule has 2 aromatic rings. The minimum absolute atomic E-state index is 0.650. The van der Waals surface area contributed by atoms with Crippen molar-refractivity contribution in [2.24, 2.45) is 0 Å². The largest absolute Gasteiger partial charge is 0.348 e. The number of thiophene rings is 1. The van der Waals surface area contributed by atoms with E-state index in [1.807, 2.05) is 6.20 Å². The molecule has 0 bridgehead atoms. The summed E-state index contributed by atoms with van der Waals surface area (Å²) in [5, 5.41) is 2.13. The molecule has 1 aliphatic rings. The number of anilines is 1. The molecule has 0 unspecified atom stereocenters. The zero-order valence-electron chi connectivity index (χ0n) is 9.64. The summed E-state index contributed by atoms with van der Waals surface area (Å²) in [7, 11) is 0. The fourth-order valence-corrected chi connectivity index (χ4v) is 3.87. The van der Waals surface area contributed by atoms with Crippen molar-refractivity contribution >= 4 is 49.0 Å². The minimum atomic E-state index is 0.650. The maximum atomic E-state index is 4.56. The molecule has 1 saturated carbocycles. The van der Waals surface area contributed by atoms with Gasteiger partial charge in [0, 0.05) is 21.6 Å². The first-order valence-electron chi connectivity index (χ1n) is 5.84. The number of rotatable bonds is 4. The quantitative estimate of drug-likeness (QED) is 0.746. The highest BCUT2D eigenvalue weighted by Crippen LogP contribution is 2.36. The SMILES string of the molecule is Brc1cnc(N(Cc2cccs2)C2CC2)c(Br)c1. The number of hydrogen-bond donors (Lipinski definition) is 0. The van der Waals surface area contributed by atoms with Gasteiger partial charge in [-0.25, -0.2) is 4.98 Å². The lowest BCUT2D eigenvalue weighted by Gasteiger charge is -2.24. The van der Waals surface area contributed by atoms with Crippen LogP contribution in [-0.2, 0) is 6.54 Å². The molecule has 0 saturated heterocycles. The van der Waals surface area contributed by atoms with Crippen molar-refractivity contribution in [1.82, 2.24) is 4.98 Å². The molecule has 0 radical (unpaired) electrons. The van der Waals surface area contributed by atoms with E-state index in [4.69, 9.17) is 0 Å². The molecule has 0 aliphatic heterocycles. The van der Waals surface area contributed by atoms with Crippen LogP contribution in [0.3, 0.4) is 0 Å². The van der Waals surface area contributed by atoms with Gasteiger partial charge < -0.3 is 4.90 Å². The Morgan fingerprint density at radius 3 is 2.83 bits per heavy atom. The zero-order valence-corrected chi connectivity index (χ0v) is 13.6. The van der Waals surface area contributed by atoms with E-state index < -0.39 is 0 Å². The fourth-order valence-electron chi connectivity index (χ4n) is 1.95. The highest BCUT2D eigenvalue weighted by atomic mass is 79.9. The Hall–Kier alpha value is -0.390. The summed E-state index contributed by atoms with van der Waals surface area (Å²) >= 11 is 8.87. The van der Waals surface area contributed by atoms with Crippen LogP contribution in [0.25, 0.3) is 0 Å². The summed E-state index contributed by atoms with van der Waals surface area (Å²) in [6.45, 7) is 0.954. The van der Waals surface area contributed by atoms with E-state index in [0.717, 1.165) is 21.3 Å². The van der Waals surface area contributed by atoms with Crippen molar-refractivity contribution in [3.63, 3.8) is 0 Å². The molecule has 0 amide bonds. The number of pyridine rings is 1. The van der Waals surface area contributed by atoms with Crippen LogP contribution in [0, 0.1) is 0 Å². The Balaban J connectivity index is 1.89. The Kier molecular flexibility index (Phi) is 3.73. The summed E-state index contributed by atoms with van der Waals surface area (Å²) in [6.07, 6.45) is 4.41. The first kappa shape index (κ1) is 12.6. The molecule has 94 valence electrons. The van der Waals surface area contributed by atoms with Gasteiger partial charge in [0.25, 0.3) is 0 Å². The molecular weight excluding hydrogens is 376 g/mol. The minimum Gasteiger partial charge on any atom is -0.348 e. The lowest BCUT2D eigenvalue weighted by molar-refractivity contribution is 0.783. The molecule has 0 spiro atoms. The van der Waals surface area contributed by atoms with E-state index in [1.165, 1.54) is 17.7 Å². The second kappa shape index (κ2) is 5.31. The summed E-state index contributed by atoms with van der Waals surface area (Å²) in [5.41, 5.74) is 0. The molecule has 0 N–H and O–H groups in total. The fraction of sp³-hybridized carbons (Fsp3) is 0.308. The molecule has 2 aromatic heterocycles. The van der Waals surface area contributed by atoms with Gasteiger partial charge in [0.1, 0.15) is 5.82 Å². The second-order valence-electron chi connectivity index (χ2n) is 4.40. The Morgan fingerprint density at radius 1 is 1.39 bits per heavy atom. The lowest BCUT2D eigenvalue weighted by Crippen LogP contribution is -2.25. The van der Waals surface area contributed by atoms with E-state index in [0.29, 0.717) is 6.04 Å². The number of halogens is 2. The molecule has 5 heteroatoms. The van der Waals surface area contributed by atoms with Crippen LogP contribution >= 0.6 is 43.2 Å². The molecule has 18 heavy (non-hydrogen) atoms. The Labute approximate surface area is 127 Å². The van der Waals surface area contributed by atoms with Crippen LogP contribution in [0.15, 0.2) is 38.7 Å². The van der Waals surface area contributed by atoms with Crippen molar-refractivity contribution in [2.75, 3.05) is 4.90 Å². The van der Waals surface area contributed by atoms with Gasteiger partial charge in [-0.3, -0.25) is 0 Å². The van der Waals surface area contributed by atoms with Gasteiger partial charge >= 0.3 is 0 Å². The monoisotopic (exact) mass is 386 g/mol. The lowest BCUT2D eigenvalue weighted by atomic mass is 10.3. The smallest absolute Gasteiger partial charge is 0.143 e.